The van der Waals surface area contributed by atoms with Gasteiger partial charge in [0, 0.05) is 55.6 Å². The van der Waals surface area contributed by atoms with E-state index < -0.39 is 5.97 Å². The molecule has 0 spiro atoms. The van der Waals surface area contributed by atoms with Crippen molar-refractivity contribution in [1.82, 2.24) is 19.6 Å². The fraction of sp³-hybridized carbons (Fsp3) is 0.455. The maximum absolute atomic E-state index is 13.9. The molecule has 2 aliphatic rings. The van der Waals surface area contributed by atoms with Crippen molar-refractivity contribution in [1.29, 1.82) is 0 Å². The van der Waals surface area contributed by atoms with Gasteiger partial charge in [-0.3, -0.25) is 14.5 Å². The number of fused-ring (bicyclic) bond motifs is 1. The van der Waals surface area contributed by atoms with Crippen LogP contribution in [-0.4, -0.2) is 62.9 Å². The summed E-state index contributed by atoms with van der Waals surface area (Å²) >= 11 is 0. The van der Waals surface area contributed by atoms with Gasteiger partial charge < -0.3 is 5.11 Å². The van der Waals surface area contributed by atoms with E-state index in [4.69, 9.17) is 0 Å². The van der Waals surface area contributed by atoms with Crippen LogP contribution >= 0.6 is 0 Å². The Morgan fingerprint density at radius 2 is 2.03 bits per heavy atom. The van der Waals surface area contributed by atoms with Crippen molar-refractivity contribution >= 4 is 5.97 Å². The number of carbonyl (C=O) groups is 1. The fourth-order valence-electron chi connectivity index (χ4n) is 4.58. The molecule has 6 nitrogen and oxygen atoms in total. The van der Waals surface area contributed by atoms with E-state index in [0.29, 0.717) is 19.1 Å². The zero-order valence-electron chi connectivity index (χ0n) is 16.6. The van der Waals surface area contributed by atoms with Gasteiger partial charge in [0.25, 0.3) is 0 Å². The molecule has 1 atom stereocenters. The van der Waals surface area contributed by atoms with E-state index in [-0.39, 0.29) is 11.5 Å². The summed E-state index contributed by atoms with van der Waals surface area (Å²) in [6.07, 6.45) is 4.31. The molecule has 29 heavy (non-hydrogen) atoms. The number of nitrogens with zero attached hydrogens (tertiary/aromatic N) is 4. The summed E-state index contributed by atoms with van der Waals surface area (Å²) in [5, 5.41) is 13.9. The Hall–Kier alpha value is -2.51. The Kier molecular flexibility index (Phi) is 5.78. The Bertz CT molecular complexity index is 902. The summed E-state index contributed by atoms with van der Waals surface area (Å²) < 4.78 is 15.7. The molecule has 1 fully saturated rings. The second-order valence-corrected chi connectivity index (χ2v) is 7.85. The highest BCUT2D eigenvalue weighted by Gasteiger charge is 2.32. The molecule has 1 aromatic carbocycles. The molecule has 1 N–H and O–H groups in total. The second kappa shape index (κ2) is 8.47. The highest BCUT2D eigenvalue weighted by atomic mass is 19.1. The molecule has 0 amide bonds. The predicted octanol–water partition coefficient (Wildman–Crippen LogP) is 2.58. The van der Waals surface area contributed by atoms with Crippen LogP contribution in [-0.2, 0) is 25.9 Å². The first-order chi connectivity index (χ1) is 14.1. The molecule has 0 saturated carbocycles. The van der Waals surface area contributed by atoms with Crippen LogP contribution in [0.1, 0.15) is 33.7 Å². The first-order valence-electron chi connectivity index (χ1n) is 10.2. The van der Waals surface area contributed by atoms with Crippen LogP contribution in [0.25, 0.3) is 0 Å². The van der Waals surface area contributed by atoms with Crippen LogP contribution in [0.4, 0.5) is 4.39 Å². The number of hydrogen-bond acceptors (Lipinski definition) is 4. The predicted molar refractivity (Wildman–Crippen MR) is 108 cm³/mol. The van der Waals surface area contributed by atoms with Gasteiger partial charge in [0.1, 0.15) is 5.82 Å². The molecule has 0 radical (unpaired) electrons. The third kappa shape index (κ3) is 4.11. The number of halogens is 1. The van der Waals surface area contributed by atoms with Gasteiger partial charge in [0.2, 0.25) is 0 Å². The molecule has 1 aliphatic carbocycles. The summed E-state index contributed by atoms with van der Waals surface area (Å²) in [6.45, 7) is 8.52. The highest BCUT2D eigenvalue weighted by Crippen LogP contribution is 2.28. The maximum atomic E-state index is 13.9. The van der Waals surface area contributed by atoms with Crippen LogP contribution in [0.2, 0.25) is 0 Å². The monoisotopic (exact) mass is 398 g/mol. The van der Waals surface area contributed by atoms with Crippen molar-refractivity contribution in [2.45, 2.75) is 38.4 Å². The molecule has 0 bridgehead atoms. The maximum Gasteiger partial charge on any atom is 0.356 e. The van der Waals surface area contributed by atoms with E-state index in [1.807, 2.05) is 12.1 Å². The Labute approximate surface area is 170 Å². The third-order valence-electron chi connectivity index (χ3n) is 6.10. The largest absolute Gasteiger partial charge is 0.476 e. The number of carboxylic acids is 1. The molecule has 1 aliphatic heterocycles. The summed E-state index contributed by atoms with van der Waals surface area (Å²) in [7, 11) is 0. The average molecular weight is 398 g/mol. The highest BCUT2D eigenvalue weighted by molar-refractivity contribution is 5.87. The van der Waals surface area contributed by atoms with Crippen LogP contribution in [0, 0.1) is 5.82 Å². The second-order valence-electron chi connectivity index (χ2n) is 7.85. The standard InChI is InChI=1S/C22H27FN4O2/c1-2-9-27-20-8-7-17(14-18(20)21(24-27)22(28)29)26-12-10-25(11-13-26)15-16-5-3-4-6-19(16)23/h2-6,17H,1,7-15H2,(H,28,29). The minimum absolute atomic E-state index is 0.146. The number of allylic oxidation sites excluding steroid dienone is 1. The molecule has 1 aromatic heterocycles. The molecule has 154 valence electrons. The smallest absolute Gasteiger partial charge is 0.356 e. The molecular formula is C22H27FN4O2. The van der Waals surface area contributed by atoms with Gasteiger partial charge >= 0.3 is 5.97 Å². The molecule has 2 heterocycles. The first-order valence-corrected chi connectivity index (χ1v) is 10.2. The van der Waals surface area contributed by atoms with Gasteiger partial charge in [0.15, 0.2) is 5.69 Å². The van der Waals surface area contributed by atoms with Crippen molar-refractivity contribution in [3.8, 4) is 0 Å². The van der Waals surface area contributed by atoms with Crippen LogP contribution < -0.4 is 0 Å². The van der Waals surface area contributed by atoms with E-state index in [9.17, 15) is 14.3 Å². The Morgan fingerprint density at radius 3 is 2.72 bits per heavy atom. The Balaban J connectivity index is 1.40. The van der Waals surface area contributed by atoms with Gasteiger partial charge in [-0.05, 0) is 25.3 Å². The summed E-state index contributed by atoms with van der Waals surface area (Å²) in [5.74, 6) is -1.10. The van der Waals surface area contributed by atoms with Crippen LogP contribution in [0.3, 0.4) is 0 Å². The Morgan fingerprint density at radius 1 is 1.28 bits per heavy atom. The number of carboxylic acid groups (broad SMARTS) is 1. The molecule has 1 saturated heterocycles. The lowest BCUT2D eigenvalue weighted by Crippen LogP contribution is -2.51. The van der Waals surface area contributed by atoms with E-state index >= 15 is 0 Å². The van der Waals surface area contributed by atoms with Crippen molar-refractivity contribution in [2.24, 2.45) is 0 Å². The molecule has 7 heteroatoms. The summed E-state index contributed by atoms with van der Waals surface area (Å²) in [6, 6.07) is 7.28. The third-order valence-corrected chi connectivity index (χ3v) is 6.10. The lowest BCUT2D eigenvalue weighted by Gasteiger charge is -2.40. The van der Waals surface area contributed by atoms with Crippen LogP contribution in [0.5, 0.6) is 0 Å². The van der Waals surface area contributed by atoms with Gasteiger partial charge in [-0.15, -0.1) is 6.58 Å². The van der Waals surface area contributed by atoms with E-state index in [0.717, 1.165) is 62.3 Å². The topological polar surface area (TPSA) is 61.6 Å². The molecule has 1 unspecified atom stereocenters. The first kappa shape index (κ1) is 19.8. The average Bonchev–Trinajstić information content (AvgIpc) is 3.09. The fourth-order valence-corrected chi connectivity index (χ4v) is 4.58. The van der Waals surface area contributed by atoms with Crippen LogP contribution in [0.15, 0.2) is 36.9 Å². The number of piperazine rings is 1. The number of rotatable bonds is 6. The normalized spacial score (nSPS) is 20.4. The van der Waals surface area contributed by atoms with Gasteiger partial charge in [-0.25, -0.2) is 9.18 Å². The van der Waals surface area contributed by atoms with E-state index in [1.165, 1.54) is 6.07 Å². The van der Waals surface area contributed by atoms with Crippen molar-refractivity contribution < 1.29 is 14.3 Å². The van der Waals surface area contributed by atoms with Gasteiger partial charge in [0.05, 0.1) is 6.54 Å². The summed E-state index contributed by atoms with van der Waals surface area (Å²) in [4.78, 5) is 16.4. The molecule has 4 rings (SSSR count). The van der Waals surface area contributed by atoms with Gasteiger partial charge in [-0.1, -0.05) is 24.3 Å². The van der Waals surface area contributed by atoms with Crippen molar-refractivity contribution in [3.63, 3.8) is 0 Å². The van der Waals surface area contributed by atoms with Crippen molar-refractivity contribution in [2.75, 3.05) is 26.2 Å². The van der Waals surface area contributed by atoms with Crippen molar-refractivity contribution in [3.05, 3.63) is 65.3 Å². The number of aromatic nitrogens is 2. The van der Waals surface area contributed by atoms with E-state index in [2.05, 4.69) is 21.5 Å². The lowest BCUT2D eigenvalue weighted by molar-refractivity contribution is 0.0684. The van der Waals surface area contributed by atoms with E-state index in [1.54, 1.807) is 16.8 Å². The minimum atomic E-state index is -0.959. The number of aromatic carboxylic acids is 1. The minimum Gasteiger partial charge on any atom is -0.476 e. The zero-order valence-corrected chi connectivity index (χ0v) is 16.6. The zero-order chi connectivity index (χ0) is 20.4. The van der Waals surface area contributed by atoms with Gasteiger partial charge in [-0.2, -0.15) is 5.10 Å². The number of benzene rings is 1. The lowest BCUT2D eigenvalue weighted by atomic mass is 9.90. The summed E-state index contributed by atoms with van der Waals surface area (Å²) in [5.41, 5.74) is 2.84. The SMILES string of the molecule is C=CCn1nc(C(=O)O)c2c1CCC(N1CCN(Cc3ccccc3F)CC1)C2. The number of hydrogen-bond donors (Lipinski definition) is 1. The molecule has 2 aromatic rings. The quantitative estimate of drug-likeness (QED) is 0.758. The molecular weight excluding hydrogens is 371 g/mol.